The number of amides is 2. The van der Waals surface area contributed by atoms with Crippen LogP contribution in [0.15, 0.2) is 24.4 Å². The van der Waals surface area contributed by atoms with Gasteiger partial charge in [0.15, 0.2) is 0 Å². The van der Waals surface area contributed by atoms with Crippen molar-refractivity contribution in [3.05, 3.63) is 30.1 Å². The van der Waals surface area contributed by atoms with E-state index in [9.17, 15) is 9.59 Å². The molecule has 2 aliphatic heterocycles. The van der Waals surface area contributed by atoms with Crippen molar-refractivity contribution in [3.8, 4) is 0 Å². The first kappa shape index (κ1) is 17.9. The van der Waals surface area contributed by atoms with Gasteiger partial charge in [-0.2, -0.15) is 0 Å². The molecule has 0 spiro atoms. The summed E-state index contributed by atoms with van der Waals surface area (Å²) in [6.07, 6.45) is 7.03. The summed E-state index contributed by atoms with van der Waals surface area (Å²) in [6.45, 7) is 3.18. The summed E-state index contributed by atoms with van der Waals surface area (Å²) in [5.74, 6) is 0.660. The van der Waals surface area contributed by atoms with Crippen LogP contribution in [-0.2, 0) is 16.0 Å². The molecule has 2 amide bonds. The van der Waals surface area contributed by atoms with E-state index >= 15 is 0 Å². The monoisotopic (exact) mass is 344 g/mol. The number of pyridine rings is 1. The fourth-order valence-electron chi connectivity index (χ4n) is 3.67. The van der Waals surface area contributed by atoms with Gasteiger partial charge in [0.05, 0.1) is 6.04 Å². The average molecular weight is 344 g/mol. The van der Waals surface area contributed by atoms with E-state index in [2.05, 4.69) is 15.6 Å². The van der Waals surface area contributed by atoms with Gasteiger partial charge in [-0.3, -0.25) is 14.6 Å². The zero-order valence-electron chi connectivity index (χ0n) is 14.7. The van der Waals surface area contributed by atoms with Crippen LogP contribution in [-0.4, -0.2) is 53.9 Å². The third-order valence-corrected chi connectivity index (χ3v) is 5.13. The Morgan fingerprint density at radius 3 is 2.96 bits per heavy atom. The van der Waals surface area contributed by atoms with Crippen molar-refractivity contribution in [2.24, 2.45) is 5.92 Å². The highest BCUT2D eigenvalue weighted by Gasteiger charge is 2.26. The highest BCUT2D eigenvalue weighted by Crippen LogP contribution is 2.17. The second-order valence-electron chi connectivity index (χ2n) is 7.06. The van der Waals surface area contributed by atoms with Crippen LogP contribution < -0.4 is 10.6 Å². The van der Waals surface area contributed by atoms with Crippen molar-refractivity contribution in [1.29, 1.82) is 0 Å². The number of nitrogens with one attached hydrogen (secondary N) is 2. The van der Waals surface area contributed by atoms with E-state index in [0.29, 0.717) is 25.3 Å². The zero-order chi connectivity index (χ0) is 17.5. The number of piperidine rings is 1. The van der Waals surface area contributed by atoms with E-state index in [4.69, 9.17) is 0 Å². The summed E-state index contributed by atoms with van der Waals surface area (Å²) >= 11 is 0. The Balaban J connectivity index is 1.40. The Bertz CT molecular complexity index is 572. The fourth-order valence-corrected chi connectivity index (χ4v) is 3.67. The Hall–Kier alpha value is -1.95. The maximum Gasteiger partial charge on any atom is 0.237 e. The maximum atomic E-state index is 12.5. The molecule has 0 aliphatic carbocycles. The summed E-state index contributed by atoms with van der Waals surface area (Å²) in [6, 6.07) is 5.76. The highest BCUT2D eigenvalue weighted by atomic mass is 16.2. The Morgan fingerprint density at radius 1 is 1.28 bits per heavy atom. The van der Waals surface area contributed by atoms with Crippen molar-refractivity contribution in [2.75, 3.05) is 26.2 Å². The standard InChI is InChI=1S/C19H28N4O2/c24-18(9-8-16-6-1-2-10-20-16)23-12-4-5-15(14-23)13-22-19(25)17-7-3-11-21-17/h1-2,6,10,15,17,21H,3-5,7-9,11-14H2,(H,22,25). The Morgan fingerprint density at radius 2 is 2.20 bits per heavy atom. The van der Waals surface area contributed by atoms with Crippen LogP contribution in [0, 0.1) is 5.92 Å². The molecule has 2 unspecified atom stereocenters. The van der Waals surface area contributed by atoms with Crippen LogP contribution >= 0.6 is 0 Å². The van der Waals surface area contributed by atoms with Gasteiger partial charge in [-0.1, -0.05) is 6.07 Å². The molecule has 2 atom stereocenters. The molecule has 6 heteroatoms. The predicted molar refractivity (Wildman–Crippen MR) is 95.9 cm³/mol. The number of nitrogens with zero attached hydrogens (tertiary/aromatic N) is 2. The zero-order valence-corrected chi connectivity index (χ0v) is 14.7. The molecule has 136 valence electrons. The van der Waals surface area contributed by atoms with Crippen LogP contribution in [0.1, 0.15) is 37.8 Å². The lowest BCUT2D eigenvalue weighted by atomic mass is 9.97. The molecule has 0 radical (unpaired) electrons. The van der Waals surface area contributed by atoms with E-state index in [0.717, 1.165) is 51.0 Å². The second kappa shape index (κ2) is 8.94. The number of aromatic nitrogens is 1. The molecule has 2 aliphatic rings. The van der Waals surface area contributed by atoms with Crippen LogP contribution in [0.25, 0.3) is 0 Å². The van der Waals surface area contributed by atoms with Gasteiger partial charge in [0, 0.05) is 37.9 Å². The molecule has 2 fully saturated rings. The molecule has 2 N–H and O–H groups in total. The molecular weight excluding hydrogens is 316 g/mol. The highest BCUT2D eigenvalue weighted by molar-refractivity contribution is 5.82. The Kier molecular flexibility index (Phi) is 6.39. The second-order valence-corrected chi connectivity index (χ2v) is 7.06. The van der Waals surface area contributed by atoms with E-state index in [-0.39, 0.29) is 17.9 Å². The van der Waals surface area contributed by atoms with Crippen molar-refractivity contribution in [3.63, 3.8) is 0 Å². The summed E-state index contributed by atoms with van der Waals surface area (Å²) < 4.78 is 0. The summed E-state index contributed by atoms with van der Waals surface area (Å²) in [7, 11) is 0. The minimum absolute atomic E-state index is 0.0281. The molecule has 1 aromatic rings. The maximum absolute atomic E-state index is 12.5. The van der Waals surface area contributed by atoms with Crippen molar-refractivity contribution >= 4 is 11.8 Å². The number of hydrogen-bond acceptors (Lipinski definition) is 4. The van der Waals surface area contributed by atoms with Crippen molar-refractivity contribution in [2.45, 2.75) is 44.6 Å². The predicted octanol–water partition coefficient (Wildman–Crippen LogP) is 1.12. The third-order valence-electron chi connectivity index (χ3n) is 5.13. The smallest absolute Gasteiger partial charge is 0.237 e. The minimum Gasteiger partial charge on any atom is -0.354 e. The van der Waals surface area contributed by atoms with E-state index in [1.165, 1.54) is 0 Å². The number of carbonyl (C=O) groups excluding carboxylic acids is 2. The molecule has 0 bridgehead atoms. The summed E-state index contributed by atoms with van der Waals surface area (Å²) in [4.78, 5) is 30.8. The topological polar surface area (TPSA) is 74.3 Å². The van der Waals surface area contributed by atoms with Gasteiger partial charge in [0.25, 0.3) is 0 Å². The lowest BCUT2D eigenvalue weighted by molar-refractivity contribution is -0.133. The lowest BCUT2D eigenvalue weighted by Crippen LogP contribution is -2.46. The van der Waals surface area contributed by atoms with E-state index in [1.54, 1.807) is 6.20 Å². The minimum atomic E-state index is -0.0281. The van der Waals surface area contributed by atoms with Crippen LogP contribution in [0.4, 0.5) is 0 Å². The van der Waals surface area contributed by atoms with Gasteiger partial charge in [0.2, 0.25) is 11.8 Å². The number of carbonyl (C=O) groups is 2. The SMILES string of the molecule is O=C(NCC1CCCN(C(=O)CCc2ccccn2)C1)C1CCCN1. The number of rotatable bonds is 6. The fraction of sp³-hybridized carbons (Fsp3) is 0.632. The van der Waals surface area contributed by atoms with Gasteiger partial charge in [0.1, 0.15) is 0 Å². The van der Waals surface area contributed by atoms with Crippen LogP contribution in [0.5, 0.6) is 0 Å². The molecule has 2 saturated heterocycles. The average Bonchev–Trinajstić information content (AvgIpc) is 3.20. The molecule has 3 heterocycles. The number of aryl methyl sites for hydroxylation is 1. The number of hydrogen-bond donors (Lipinski definition) is 2. The van der Waals surface area contributed by atoms with Crippen LogP contribution in [0.2, 0.25) is 0 Å². The molecule has 3 rings (SSSR count). The molecule has 0 aromatic carbocycles. The van der Waals surface area contributed by atoms with E-state index < -0.39 is 0 Å². The normalized spacial score (nSPS) is 23.4. The quantitative estimate of drug-likeness (QED) is 0.811. The lowest BCUT2D eigenvalue weighted by Gasteiger charge is -2.33. The largest absolute Gasteiger partial charge is 0.354 e. The van der Waals surface area contributed by atoms with Crippen molar-refractivity contribution < 1.29 is 9.59 Å². The van der Waals surface area contributed by atoms with Gasteiger partial charge in [-0.25, -0.2) is 0 Å². The van der Waals surface area contributed by atoms with Crippen LogP contribution in [0.3, 0.4) is 0 Å². The molecular formula is C19H28N4O2. The molecule has 0 saturated carbocycles. The van der Waals surface area contributed by atoms with Gasteiger partial charge >= 0.3 is 0 Å². The Labute approximate surface area is 149 Å². The van der Waals surface area contributed by atoms with E-state index in [1.807, 2.05) is 23.1 Å². The van der Waals surface area contributed by atoms with Gasteiger partial charge < -0.3 is 15.5 Å². The number of likely N-dealkylation sites (tertiary alicyclic amines) is 1. The molecule has 6 nitrogen and oxygen atoms in total. The molecule has 1 aromatic heterocycles. The first-order valence-corrected chi connectivity index (χ1v) is 9.41. The summed E-state index contributed by atoms with van der Waals surface area (Å²) in [5.41, 5.74) is 0.959. The first-order chi connectivity index (χ1) is 12.2. The van der Waals surface area contributed by atoms with Gasteiger partial charge in [-0.05, 0) is 56.7 Å². The first-order valence-electron chi connectivity index (χ1n) is 9.41. The third kappa shape index (κ3) is 5.26. The van der Waals surface area contributed by atoms with Gasteiger partial charge in [-0.15, -0.1) is 0 Å². The van der Waals surface area contributed by atoms with Crippen molar-refractivity contribution in [1.82, 2.24) is 20.5 Å². The summed E-state index contributed by atoms with van der Waals surface area (Å²) in [5, 5.41) is 6.28. The molecule has 25 heavy (non-hydrogen) atoms.